The van der Waals surface area contributed by atoms with E-state index in [1.807, 2.05) is 0 Å². The molecule has 0 saturated heterocycles. The summed E-state index contributed by atoms with van der Waals surface area (Å²) in [6, 6.07) is 2.78. The first-order valence-electron chi connectivity index (χ1n) is 5.37. The number of nitrogens with zero attached hydrogens (tertiary/aromatic N) is 2. The molecule has 0 aliphatic heterocycles. The van der Waals surface area contributed by atoms with Gasteiger partial charge in [0.05, 0.1) is 18.8 Å². The maximum absolute atomic E-state index is 12.0. The van der Waals surface area contributed by atoms with E-state index in [-0.39, 0.29) is 43.5 Å². The molecule has 4 N–H and O–H groups in total. The number of amides is 2. The lowest BCUT2D eigenvalue weighted by Gasteiger charge is -2.20. The molecule has 2 amide bonds. The van der Waals surface area contributed by atoms with Gasteiger partial charge in [-0.2, -0.15) is 0 Å². The van der Waals surface area contributed by atoms with E-state index in [4.69, 9.17) is 15.9 Å². The fourth-order valence-corrected chi connectivity index (χ4v) is 1.41. The van der Waals surface area contributed by atoms with Gasteiger partial charge in [0.15, 0.2) is 0 Å². The zero-order valence-corrected chi connectivity index (χ0v) is 9.74. The second-order valence-electron chi connectivity index (χ2n) is 3.54. The lowest BCUT2D eigenvalue weighted by Crippen LogP contribution is -2.36. The van der Waals surface area contributed by atoms with E-state index in [2.05, 4.69) is 4.98 Å². The number of aromatic nitrogens is 1. The molecule has 0 unspecified atom stereocenters. The van der Waals surface area contributed by atoms with E-state index in [0.29, 0.717) is 0 Å². The summed E-state index contributed by atoms with van der Waals surface area (Å²) in [7, 11) is 0. The van der Waals surface area contributed by atoms with Gasteiger partial charge in [0, 0.05) is 19.3 Å². The van der Waals surface area contributed by atoms with E-state index in [0.717, 1.165) is 0 Å². The molecule has 0 spiro atoms. The summed E-state index contributed by atoms with van der Waals surface area (Å²) in [5, 5.41) is 17.6. The van der Waals surface area contributed by atoms with Crippen molar-refractivity contribution >= 4 is 11.8 Å². The Morgan fingerprint density at radius 1 is 1.22 bits per heavy atom. The molecule has 0 saturated carbocycles. The second kappa shape index (κ2) is 6.67. The van der Waals surface area contributed by atoms with Crippen molar-refractivity contribution in [2.75, 3.05) is 26.3 Å². The maximum atomic E-state index is 12.0. The van der Waals surface area contributed by atoms with Crippen LogP contribution in [0.5, 0.6) is 0 Å². The molecular weight excluding hydrogens is 238 g/mol. The summed E-state index contributed by atoms with van der Waals surface area (Å²) in [4.78, 5) is 27.8. The van der Waals surface area contributed by atoms with Gasteiger partial charge in [-0.3, -0.25) is 14.6 Å². The van der Waals surface area contributed by atoms with Crippen LogP contribution in [0.3, 0.4) is 0 Å². The SMILES string of the molecule is NC(=O)c1ccc(C(=O)N(CCO)CCO)cn1. The molecule has 18 heavy (non-hydrogen) atoms. The van der Waals surface area contributed by atoms with Gasteiger partial charge in [0.2, 0.25) is 0 Å². The minimum Gasteiger partial charge on any atom is -0.395 e. The number of carbonyl (C=O) groups excluding carboxylic acids is 2. The van der Waals surface area contributed by atoms with Crippen molar-refractivity contribution in [3.8, 4) is 0 Å². The van der Waals surface area contributed by atoms with Crippen LogP contribution in [0, 0.1) is 0 Å². The lowest BCUT2D eigenvalue weighted by atomic mass is 10.2. The van der Waals surface area contributed by atoms with Crippen molar-refractivity contribution in [3.05, 3.63) is 29.6 Å². The number of aliphatic hydroxyl groups is 2. The summed E-state index contributed by atoms with van der Waals surface area (Å²) in [5.74, 6) is -1.04. The summed E-state index contributed by atoms with van der Waals surface area (Å²) < 4.78 is 0. The van der Waals surface area contributed by atoms with Crippen LogP contribution in [0.15, 0.2) is 18.3 Å². The molecule has 7 heteroatoms. The van der Waals surface area contributed by atoms with Crippen LogP contribution in [-0.4, -0.2) is 58.2 Å². The van der Waals surface area contributed by atoms with Gasteiger partial charge < -0.3 is 20.8 Å². The Labute approximate surface area is 104 Å². The lowest BCUT2D eigenvalue weighted by molar-refractivity contribution is 0.0684. The second-order valence-corrected chi connectivity index (χ2v) is 3.54. The van der Waals surface area contributed by atoms with Crippen LogP contribution < -0.4 is 5.73 Å². The Morgan fingerprint density at radius 3 is 2.22 bits per heavy atom. The topological polar surface area (TPSA) is 117 Å². The van der Waals surface area contributed by atoms with E-state index < -0.39 is 5.91 Å². The highest BCUT2D eigenvalue weighted by molar-refractivity contribution is 5.95. The third-order valence-electron chi connectivity index (χ3n) is 2.29. The molecule has 1 heterocycles. The van der Waals surface area contributed by atoms with Crippen LogP contribution >= 0.6 is 0 Å². The number of nitrogens with two attached hydrogens (primary N) is 1. The highest BCUT2D eigenvalue weighted by Gasteiger charge is 2.15. The Bertz CT molecular complexity index is 413. The number of hydrogen-bond donors (Lipinski definition) is 3. The molecule has 0 fully saturated rings. The largest absolute Gasteiger partial charge is 0.395 e. The molecule has 0 aromatic carbocycles. The predicted molar refractivity (Wildman–Crippen MR) is 62.8 cm³/mol. The number of primary amides is 1. The number of pyridine rings is 1. The first-order chi connectivity index (χ1) is 8.60. The molecule has 0 atom stereocenters. The fraction of sp³-hybridized carbons (Fsp3) is 0.364. The van der Waals surface area contributed by atoms with Gasteiger partial charge in [-0.15, -0.1) is 0 Å². The third kappa shape index (κ3) is 3.51. The normalized spacial score (nSPS) is 10.1. The number of hydrogen-bond acceptors (Lipinski definition) is 5. The summed E-state index contributed by atoms with van der Waals surface area (Å²) in [5.41, 5.74) is 5.37. The average molecular weight is 253 g/mol. The number of rotatable bonds is 6. The molecule has 0 aliphatic rings. The van der Waals surface area contributed by atoms with E-state index in [1.165, 1.54) is 23.2 Å². The highest BCUT2D eigenvalue weighted by atomic mass is 16.3. The Hall–Kier alpha value is -1.99. The van der Waals surface area contributed by atoms with Gasteiger partial charge >= 0.3 is 0 Å². The van der Waals surface area contributed by atoms with Crippen molar-refractivity contribution in [3.63, 3.8) is 0 Å². The van der Waals surface area contributed by atoms with Gasteiger partial charge in [-0.25, -0.2) is 0 Å². The number of aliphatic hydroxyl groups excluding tert-OH is 2. The van der Waals surface area contributed by atoms with Crippen molar-refractivity contribution in [2.24, 2.45) is 5.73 Å². The minimum atomic E-state index is -0.670. The van der Waals surface area contributed by atoms with Crippen LogP contribution in [0.2, 0.25) is 0 Å². The van der Waals surface area contributed by atoms with Gasteiger partial charge in [-0.05, 0) is 12.1 Å². The third-order valence-corrected chi connectivity index (χ3v) is 2.29. The standard InChI is InChI=1S/C11H15N3O4/c12-10(17)9-2-1-8(7-13-9)11(18)14(3-5-15)4-6-16/h1-2,7,15-16H,3-6H2,(H2,12,17). The highest BCUT2D eigenvalue weighted by Crippen LogP contribution is 2.04. The van der Waals surface area contributed by atoms with Crippen molar-refractivity contribution in [1.82, 2.24) is 9.88 Å². The average Bonchev–Trinajstić information content (AvgIpc) is 2.38. The molecule has 1 aromatic rings. The van der Waals surface area contributed by atoms with E-state index >= 15 is 0 Å². The van der Waals surface area contributed by atoms with Crippen LogP contribution in [0.4, 0.5) is 0 Å². The molecule has 0 aliphatic carbocycles. The smallest absolute Gasteiger partial charge is 0.267 e. The van der Waals surface area contributed by atoms with Gasteiger partial charge in [-0.1, -0.05) is 0 Å². The van der Waals surface area contributed by atoms with E-state index in [1.54, 1.807) is 0 Å². The fourth-order valence-electron chi connectivity index (χ4n) is 1.41. The molecule has 0 radical (unpaired) electrons. The monoisotopic (exact) mass is 253 g/mol. The quantitative estimate of drug-likeness (QED) is 0.577. The van der Waals surface area contributed by atoms with Crippen molar-refractivity contribution in [2.45, 2.75) is 0 Å². The molecule has 1 rings (SSSR count). The Balaban J connectivity index is 2.84. The Kier molecular flexibility index (Phi) is 5.22. The zero-order valence-electron chi connectivity index (χ0n) is 9.74. The zero-order chi connectivity index (χ0) is 13.5. The minimum absolute atomic E-state index is 0.0717. The molecule has 98 valence electrons. The number of carbonyl (C=O) groups is 2. The van der Waals surface area contributed by atoms with Crippen LogP contribution in [0.25, 0.3) is 0 Å². The molecule has 0 bridgehead atoms. The van der Waals surface area contributed by atoms with Gasteiger partial charge in [0.25, 0.3) is 11.8 Å². The van der Waals surface area contributed by atoms with Gasteiger partial charge in [0.1, 0.15) is 5.69 Å². The summed E-state index contributed by atoms with van der Waals surface area (Å²) >= 11 is 0. The van der Waals surface area contributed by atoms with Crippen molar-refractivity contribution in [1.29, 1.82) is 0 Å². The Morgan fingerprint density at radius 2 is 1.83 bits per heavy atom. The molecule has 1 aromatic heterocycles. The first-order valence-corrected chi connectivity index (χ1v) is 5.37. The summed E-state index contributed by atoms with van der Waals surface area (Å²) in [6.07, 6.45) is 1.24. The van der Waals surface area contributed by atoms with Crippen LogP contribution in [-0.2, 0) is 0 Å². The van der Waals surface area contributed by atoms with E-state index in [9.17, 15) is 9.59 Å². The summed E-state index contributed by atoms with van der Waals surface area (Å²) in [6.45, 7) is -0.148. The maximum Gasteiger partial charge on any atom is 0.267 e. The predicted octanol–water partition coefficient (Wildman–Crippen LogP) is -1.39. The molecular formula is C11H15N3O4. The van der Waals surface area contributed by atoms with Crippen LogP contribution in [0.1, 0.15) is 20.8 Å². The first kappa shape index (κ1) is 14.1. The molecule has 7 nitrogen and oxygen atoms in total. The van der Waals surface area contributed by atoms with Crippen molar-refractivity contribution < 1.29 is 19.8 Å².